The molecule has 1 fully saturated rings. The molecule has 1 unspecified atom stereocenters. The number of rotatable bonds is 4. The smallest absolute Gasteiger partial charge is 0.0935 e. The highest BCUT2D eigenvalue weighted by atomic mass is 16.3. The molecule has 0 aromatic carbocycles. The Hall–Kier alpha value is -0.760. The molecule has 2 rings (SSSR count). The van der Waals surface area contributed by atoms with Gasteiger partial charge in [0.05, 0.1) is 18.6 Å². The van der Waals surface area contributed by atoms with Gasteiger partial charge in [0.25, 0.3) is 0 Å². The molecule has 1 aliphatic rings. The summed E-state index contributed by atoms with van der Waals surface area (Å²) < 4.78 is 5.04. The molecule has 1 atom stereocenters. The fourth-order valence-electron chi connectivity index (χ4n) is 3.01. The summed E-state index contributed by atoms with van der Waals surface area (Å²) in [6, 6.07) is 1.95. The average Bonchev–Trinajstić information content (AvgIpc) is 2.82. The Morgan fingerprint density at radius 1 is 1.24 bits per heavy atom. The van der Waals surface area contributed by atoms with Gasteiger partial charge in [0, 0.05) is 6.42 Å². The van der Waals surface area contributed by atoms with Gasteiger partial charge < -0.3 is 9.52 Å². The van der Waals surface area contributed by atoms with E-state index in [1.165, 1.54) is 25.7 Å². The molecule has 0 bridgehead atoms. The van der Waals surface area contributed by atoms with Crippen molar-refractivity contribution in [3.05, 3.63) is 24.2 Å². The Bertz CT molecular complexity index is 308. The summed E-state index contributed by atoms with van der Waals surface area (Å²) in [5, 5.41) is 10.2. The van der Waals surface area contributed by atoms with E-state index in [2.05, 4.69) is 13.8 Å². The number of aliphatic hydroxyl groups excluding tert-OH is 1. The second kappa shape index (κ2) is 5.72. The van der Waals surface area contributed by atoms with Crippen LogP contribution in [0.2, 0.25) is 0 Å². The fourth-order valence-corrected chi connectivity index (χ4v) is 3.01. The van der Waals surface area contributed by atoms with E-state index in [0.717, 1.165) is 23.8 Å². The summed E-state index contributed by atoms with van der Waals surface area (Å²) in [6.45, 7) is 4.62. The lowest BCUT2D eigenvalue weighted by atomic mass is 9.74. The van der Waals surface area contributed by atoms with Crippen LogP contribution in [0.3, 0.4) is 0 Å². The molecule has 1 heterocycles. The first-order valence-corrected chi connectivity index (χ1v) is 6.86. The highest BCUT2D eigenvalue weighted by molar-refractivity contribution is 5.07. The van der Waals surface area contributed by atoms with Crippen LogP contribution >= 0.6 is 0 Å². The second-order valence-electron chi connectivity index (χ2n) is 5.82. The molecule has 0 aliphatic heterocycles. The van der Waals surface area contributed by atoms with Crippen molar-refractivity contribution in [3.63, 3.8) is 0 Å². The SMILES string of the molecule is CC(C)C1CCC(C(O)Cc2ccoc2)CC1. The van der Waals surface area contributed by atoms with Crippen LogP contribution in [0, 0.1) is 17.8 Å². The predicted molar refractivity (Wildman–Crippen MR) is 68.7 cm³/mol. The van der Waals surface area contributed by atoms with Crippen LogP contribution in [0.5, 0.6) is 0 Å². The number of hydrogen-bond acceptors (Lipinski definition) is 2. The third-order valence-corrected chi connectivity index (χ3v) is 4.33. The lowest BCUT2D eigenvalue weighted by Gasteiger charge is -2.33. The first-order chi connectivity index (χ1) is 8.16. The van der Waals surface area contributed by atoms with Crippen molar-refractivity contribution in [2.45, 2.75) is 52.1 Å². The Morgan fingerprint density at radius 3 is 2.41 bits per heavy atom. The van der Waals surface area contributed by atoms with Crippen LogP contribution in [0.1, 0.15) is 45.1 Å². The third-order valence-electron chi connectivity index (χ3n) is 4.33. The average molecular weight is 236 g/mol. The Morgan fingerprint density at radius 2 is 1.88 bits per heavy atom. The van der Waals surface area contributed by atoms with Gasteiger partial charge in [-0.25, -0.2) is 0 Å². The molecule has 0 spiro atoms. The quantitative estimate of drug-likeness (QED) is 0.865. The summed E-state index contributed by atoms with van der Waals surface area (Å²) in [5.41, 5.74) is 1.11. The second-order valence-corrected chi connectivity index (χ2v) is 5.82. The maximum atomic E-state index is 10.2. The van der Waals surface area contributed by atoms with Crippen molar-refractivity contribution in [1.29, 1.82) is 0 Å². The molecule has 1 N–H and O–H groups in total. The van der Waals surface area contributed by atoms with Gasteiger partial charge in [0.2, 0.25) is 0 Å². The van der Waals surface area contributed by atoms with E-state index in [1.54, 1.807) is 12.5 Å². The van der Waals surface area contributed by atoms with Gasteiger partial charge in [-0.1, -0.05) is 13.8 Å². The van der Waals surface area contributed by atoms with Crippen LogP contribution in [0.4, 0.5) is 0 Å². The topological polar surface area (TPSA) is 33.4 Å². The van der Waals surface area contributed by atoms with Gasteiger partial charge in [-0.05, 0) is 55.1 Å². The van der Waals surface area contributed by atoms with Crippen LogP contribution in [0.25, 0.3) is 0 Å². The zero-order chi connectivity index (χ0) is 12.3. The van der Waals surface area contributed by atoms with Gasteiger partial charge >= 0.3 is 0 Å². The van der Waals surface area contributed by atoms with E-state index in [4.69, 9.17) is 4.42 Å². The first kappa shape index (κ1) is 12.7. The maximum absolute atomic E-state index is 10.2. The number of aliphatic hydroxyl groups is 1. The summed E-state index contributed by atoms with van der Waals surface area (Å²) in [7, 11) is 0. The van der Waals surface area contributed by atoms with Gasteiger partial charge in [-0.15, -0.1) is 0 Å². The van der Waals surface area contributed by atoms with Crippen molar-refractivity contribution in [3.8, 4) is 0 Å². The molecule has 17 heavy (non-hydrogen) atoms. The van der Waals surface area contributed by atoms with Crippen LogP contribution < -0.4 is 0 Å². The Balaban J connectivity index is 1.80. The minimum Gasteiger partial charge on any atom is -0.472 e. The van der Waals surface area contributed by atoms with E-state index in [1.807, 2.05) is 6.07 Å². The Labute approximate surface area is 104 Å². The zero-order valence-corrected chi connectivity index (χ0v) is 10.9. The van der Waals surface area contributed by atoms with Crippen LogP contribution in [-0.2, 0) is 6.42 Å². The van der Waals surface area contributed by atoms with Crippen molar-refractivity contribution in [1.82, 2.24) is 0 Å². The predicted octanol–water partition coefficient (Wildman–Crippen LogP) is 3.65. The summed E-state index contributed by atoms with van der Waals surface area (Å²) >= 11 is 0. The minimum absolute atomic E-state index is 0.194. The molecule has 1 aliphatic carbocycles. The lowest BCUT2D eigenvalue weighted by Crippen LogP contribution is -2.28. The molecule has 0 saturated heterocycles. The van der Waals surface area contributed by atoms with E-state index in [0.29, 0.717) is 5.92 Å². The van der Waals surface area contributed by atoms with Crippen molar-refractivity contribution >= 4 is 0 Å². The summed E-state index contributed by atoms with van der Waals surface area (Å²) in [6.07, 6.45) is 8.90. The Kier molecular flexibility index (Phi) is 4.27. The van der Waals surface area contributed by atoms with Gasteiger partial charge in [-0.2, -0.15) is 0 Å². The number of hydrogen-bond donors (Lipinski definition) is 1. The van der Waals surface area contributed by atoms with E-state index >= 15 is 0 Å². The zero-order valence-electron chi connectivity index (χ0n) is 10.9. The largest absolute Gasteiger partial charge is 0.472 e. The van der Waals surface area contributed by atoms with Crippen molar-refractivity contribution in [2.75, 3.05) is 0 Å². The van der Waals surface area contributed by atoms with Gasteiger partial charge in [0.1, 0.15) is 0 Å². The highest BCUT2D eigenvalue weighted by Crippen LogP contribution is 2.35. The van der Waals surface area contributed by atoms with Crippen molar-refractivity contribution in [2.24, 2.45) is 17.8 Å². The molecular weight excluding hydrogens is 212 g/mol. The third kappa shape index (κ3) is 3.35. The summed E-state index contributed by atoms with van der Waals surface area (Å²) in [5.74, 6) is 2.15. The van der Waals surface area contributed by atoms with Crippen LogP contribution in [-0.4, -0.2) is 11.2 Å². The van der Waals surface area contributed by atoms with E-state index in [-0.39, 0.29) is 6.10 Å². The summed E-state index contributed by atoms with van der Waals surface area (Å²) in [4.78, 5) is 0. The standard InChI is InChI=1S/C15H24O2/c1-11(2)13-3-5-14(6-4-13)15(16)9-12-7-8-17-10-12/h7-8,10-11,13-16H,3-6,9H2,1-2H3. The van der Waals surface area contributed by atoms with Gasteiger partial charge in [0.15, 0.2) is 0 Å². The van der Waals surface area contributed by atoms with E-state index < -0.39 is 0 Å². The molecule has 2 nitrogen and oxygen atoms in total. The van der Waals surface area contributed by atoms with Crippen LogP contribution in [0.15, 0.2) is 23.0 Å². The molecule has 1 aromatic rings. The van der Waals surface area contributed by atoms with E-state index in [9.17, 15) is 5.11 Å². The van der Waals surface area contributed by atoms with Gasteiger partial charge in [-0.3, -0.25) is 0 Å². The molecule has 1 saturated carbocycles. The molecule has 2 heteroatoms. The fraction of sp³-hybridized carbons (Fsp3) is 0.733. The first-order valence-electron chi connectivity index (χ1n) is 6.86. The minimum atomic E-state index is -0.194. The normalized spacial score (nSPS) is 27.3. The molecule has 1 aromatic heterocycles. The molecule has 96 valence electrons. The molecule has 0 amide bonds. The van der Waals surface area contributed by atoms with Crippen molar-refractivity contribution < 1.29 is 9.52 Å². The molecule has 0 radical (unpaired) electrons. The lowest BCUT2D eigenvalue weighted by molar-refractivity contribution is 0.0674. The number of furan rings is 1. The maximum Gasteiger partial charge on any atom is 0.0935 e. The molecular formula is C15H24O2. The monoisotopic (exact) mass is 236 g/mol. The highest BCUT2D eigenvalue weighted by Gasteiger charge is 2.27.